The maximum absolute atomic E-state index is 5.95. The molecule has 100 valence electrons. The molecule has 0 atom stereocenters. The topological polar surface area (TPSA) is 47.9 Å². The monoisotopic (exact) mass is 305 g/mol. The van der Waals surface area contributed by atoms with Crippen LogP contribution in [0.5, 0.6) is 11.5 Å². The van der Waals surface area contributed by atoms with Crippen molar-refractivity contribution in [3.05, 3.63) is 52.4 Å². The van der Waals surface area contributed by atoms with Gasteiger partial charge in [0.1, 0.15) is 5.52 Å². The molecule has 2 aromatic heterocycles. The minimum atomic E-state index is 0.152. The summed E-state index contributed by atoms with van der Waals surface area (Å²) < 4.78 is 5.78. The van der Waals surface area contributed by atoms with Crippen LogP contribution in [0.25, 0.3) is 10.9 Å². The second-order valence-electron chi connectivity index (χ2n) is 4.20. The molecule has 0 fully saturated rings. The summed E-state index contributed by atoms with van der Waals surface area (Å²) in [6, 6.07) is 11.1. The third kappa shape index (κ3) is 2.53. The highest BCUT2D eigenvalue weighted by Gasteiger charge is 2.10. The lowest BCUT2D eigenvalue weighted by molar-refractivity contribution is 0.483. The number of pyridine rings is 1. The molecule has 20 heavy (non-hydrogen) atoms. The molecule has 4 nitrogen and oxygen atoms in total. The van der Waals surface area contributed by atoms with Crippen molar-refractivity contribution >= 4 is 34.1 Å². The van der Waals surface area contributed by atoms with E-state index in [0.29, 0.717) is 11.5 Å². The number of hydrogen-bond donors (Lipinski definition) is 0. The Hall–Kier alpha value is -1.91. The lowest BCUT2D eigenvalue weighted by Gasteiger charge is -2.09. The standard InChI is InChI=1S/C14H9Cl2N3O/c1-8-5-6-9-3-2-4-10(13(9)17-8)20-11-7-12(15)18-19-14(11)16/h2-7H,1H3. The summed E-state index contributed by atoms with van der Waals surface area (Å²) in [7, 11) is 0. The van der Waals surface area contributed by atoms with Gasteiger partial charge in [0.2, 0.25) is 0 Å². The lowest BCUT2D eigenvalue weighted by atomic mass is 10.2. The first-order chi connectivity index (χ1) is 9.63. The highest BCUT2D eigenvalue weighted by Crippen LogP contribution is 2.32. The molecule has 3 rings (SSSR count). The zero-order chi connectivity index (χ0) is 14.1. The Morgan fingerprint density at radius 1 is 1.00 bits per heavy atom. The Labute approximate surface area is 125 Å². The van der Waals surface area contributed by atoms with Crippen LogP contribution in [0.3, 0.4) is 0 Å². The zero-order valence-corrected chi connectivity index (χ0v) is 12.0. The van der Waals surface area contributed by atoms with Gasteiger partial charge in [-0.25, -0.2) is 4.98 Å². The van der Waals surface area contributed by atoms with Crippen LogP contribution in [0.4, 0.5) is 0 Å². The van der Waals surface area contributed by atoms with Gasteiger partial charge in [-0.15, -0.1) is 10.2 Å². The Kier molecular flexibility index (Phi) is 3.42. The van der Waals surface area contributed by atoms with Gasteiger partial charge in [0.15, 0.2) is 21.8 Å². The molecular weight excluding hydrogens is 297 g/mol. The first-order valence-electron chi connectivity index (χ1n) is 5.86. The van der Waals surface area contributed by atoms with E-state index in [-0.39, 0.29) is 10.3 Å². The van der Waals surface area contributed by atoms with Crippen molar-refractivity contribution in [1.82, 2.24) is 15.2 Å². The quantitative estimate of drug-likeness (QED) is 0.702. The van der Waals surface area contributed by atoms with E-state index >= 15 is 0 Å². The third-order valence-electron chi connectivity index (χ3n) is 2.73. The Balaban J connectivity index is 2.10. The molecule has 0 N–H and O–H groups in total. The maximum atomic E-state index is 5.95. The molecular formula is C14H9Cl2N3O. The van der Waals surface area contributed by atoms with Crippen molar-refractivity contribution in [3.8, 4) is 11.5 Å². The second-order valence-corrected chi connectivity index (χ2v) is 4.95. The van der Waals surface area contributed by atoms with Crippen molar-refractivity contribution < 1.29 is 4.74 Å². The van der Waals surface area contributed by atoms with Gasteiger partial charge in [0, 0.05) is 17.1 Å². The summed E-state index contributed by atoms with van der Waals surface area (Å²) in [5.41, 5.74) is 1.67. The molecule has 0 saturated carbocycles. The van der Waals surface area contributed by atoms with E-state index in [1.165, 1.54) is 6.07 Å². The molecule has 0 spiro atoms. The van der Waals surface area contributed by atoms with Crippen LogP contribution in [0.2, 0.25) is 10.3 Å². The predicted molar refractivity (Wildman–Crippen MR) is 78.6 cm³/mol. The summed E-state index contributed by atoms with van der Waals surface area (Å²) in [5, 5.41) is 8.71. The van der Waals surface area contributed by atoms with Gasteiger partial charge < -0.3 is 4.74 Å². The van der Waals surface area contributed by atoms with Crippen LogP contribution < -0.4 is 4.74 Å². The molecule has 6 heteroatoms. The van der Waals surface area contributed by atoms with Gasteiger partial charge >= 0.3 is 0 Å². The molecule has 0 bridgehead atoms. The van der Waals surface area contributed by atoms with Gasteiger partial charge in [0.25, 0.3) is 0 Å². The van der Waals surface area contributed by atoms with Gasteiger partial charge in [-0.05, 0) is 19.1 Å². The summed E-state index contributed by atoms with van der Waals surface area (Å²) >= 11 is 11.7. The molecule has 2 heterocycles. The van der Waals surface area contributed by atoms with Crippen LogP contribution in [0.1, 0.15) is 5.69 Å². The van der Waals surface area contributed by atoms with Crippen molar-refractivity contribution in [2.45, 2.75) is 6.92 Å². The largest absolute Gasteiger partial charge is 0.452 e. The first kappa shape index (κ1) is 13.1. The van der Waals surface area contributed by atoms with Crippen LogP contribution in [-0.4, -0.2) is 15.2 Å². The average molecular weight is 306 g/mol. The zero-order valence-electron chi connectivity index (χ0n) is 10.5. The minimum Gasteiger partial charge on any atom is -0.452 e. The van der Waals surface area contributed by atoms with Gasteiger partial charge in [-0.2, -0.15) is 0 Å². The Morgan fingerprint density at radius 3 is 2.70 bits per heavy atom. The highest BCUT2D eigenvalue weighted by molar-refractivity contribution is 6.32. The summed E-state index contributed by atoms with van der Waals surface area (Å²) in [5.74, 6) is 0.944. The van der Waals surface area contributed by atoms with Crippen molar-refractivity contribution in [2.75, 3.05) is 0 Å². The number of halogens is 2. The van der Waals surface area contributed by atoms with Crippen LogP contribution >= 0.6 is 23.2 Å². The average Bonchev–Trinajstić information content (AvgIpc) is 2.43. The first-order valence-corrected chi connectivity index (χ1v) is 6.62. The van der Waals surface area contributed by atoms with Crippen molar-refractivity contribution in [1.29, 1.82) is 0 Å². The Bertz CT molecular complexity index is 792. The van der Waals surface area contributed by atoms with Gasteiger partial charge in [-0.1, -0.05) is 41.4 Å². The van der Waals surface area contributed by atoms with E-state index < -0.39 is 0 Å². The minimum absolute atomic E-state index is 0.152. The number of benzene rings is 1. The number of para-hydroxylation sites is 1. The molecule has 1 aromatic carbocycles. The summed E-state index contributed by atoms with van der Waals surface area (Å²) in [6.45, 7) is 1.92. The normalized spacial score (nSPS) is 10.8. The third-order valence-corrected chi connectivity index (χ3v) is 3.18. The van der Waals surface area contributed by atoms with E-state index in [2.05, 4.69) is 15.2 Å². The Morgan fingerprint density at radius 2 is 1.85 bits per heavy atom. The van der Waals surface area contributed by atoms with Crippen molar-refractivity contribution in [3.63, 3.8) is 0 Å². The molecule has 0 aliphatic rings. The summed E-state index contributed by atoms with van der Waals surface area (Å²) in [6.07, 6.45) is 0. The van der Waals surface area contributed by atoms with E-state index in [0.717, 1.165) is 16.6 Å². The molecule has 0 aliphatic heterocycles. The van der Waals surface area contributed by atoms with Gasteiger partial charge in [-0.3, -0.25) is 0 Å². The van der Waals surface area contributed by atoms with Crippen LogP contribution in [0.15, 0.2) is 36.4 Å². The van der Waals surface area contributed by atoms with Crippen LogP contribution in [-0.2, 0) is 0 Å². The van der Waals surface area contributed by atoms with E-state index in [1.807, 2.05) is 37.3 Å². The fourth-order valence-corrected chi connectivity index (χ4v) is 2.10. The van der Waals surface area contributed by atoms with E-state index in [4.69, 9.17) is 27.9 Å². The number of aromatic nitrogens is 3. The SMILES string of the molecule is Cc1ccc2cccc(Oc3cc(Cl)nnc3Cl)c2n1. The fourth-order valence-electron chi connectivity index (χ4n) is 1.83. The van der Waals surface area contributed by atoms with E-state index in [1.54, 1.807) is 0 Å². The molecule has 0 unspecified atom stereocenters. The molecule has 0 aliphatic carbocycles. The number of rotatable bonds is 2. The predicted octanol–water partition coefficient (Wildman–Crippen LogP) is 4.43. The smallest absolute Gasteiger partial charge is 0.194 e. The second kappa shape index (κ2) is 5.23. The molecule has 0 radical (unpaired) electrons. The van der Waals surface area contributed by atoms with Crippen molar-refractivity contribution in [2.24, 2.45) is 0 Å². The number of hydrogen-bond acceptors (Lipinski definition) is 4. The number of fused-ring (bicyclic) bond motifs is 1. The highest BCUT2D eigenvalue weighted by atomic mass is 35.5. The van der Waals surface area contributed by atoms with Gasteiger partial charge in [0.05, 0.1) is 0 Å². The number of ether oxygens (including phenoxy) is 1. The number of aryl methyl sites for hydroxylation is 1. The van der Waals surface area contributed by atoms with Crippen LogP contribution in [0, 0.1) is 6.92 Å². The van der Waals surface area contributed by atoms with E-state index in [9.17, 15) is 0 Å². The number of nitrogens with zero attached hydrogens (tertiary/aromatic N) is 3. The fraction of sp³-hybridized carbons (Fsp3) is 0.0714. The summed E-state index contributed by atoms with van der Waals surface area (Å²) in [4.78, 5) is 4.49. The molecule has 0 saturated heterocycles. The lowest BCUT2D eigenvalue weighted by Crippen LogP contribution is -1.93. The molecule has 0 amide bonds. The molecule has 3 aromatic rings. The maximum Gasteiger partial charge on any atom is 0.194 e.